The Labute approximate surface area is 149 Å². The Bertz CT molecular complexity index is 744. The van der Waals surface area contributed by atoms with Gasteiger partial charge in [-0.2, -0.15) is 0 Å². The summed E-state index contributed by atoms with van der Waals surface area (Å²) in [4.78, 5) is 4.80. The monoisotopic (exact) mass is 359 g/mol. The maximum absolute atomic E-state index is 6.67. The summed E-state index contributed by atoms with van der Waals surface area (Å²) in [5.41, 5.74) is 1.02. The Morgan fingerprint density at radius 1 is 1.08 bits per heavy atom. The second-order valence-corrected chi connectivity index (χ2v) is 13.7. The van der Waals surface area contributed by atoms with Gasteiger partial charge in [-0.15, -0.1) is 0 Å². The van der Waals surface area contributed by atoms with E-state index in [1.807, 2.05) is 30.3 Å². The van der Waals surface area contributed by atoms with Gasteiger partial charge in [0.25, 0.3) is 0 Å². The summed E-state index contributed by atoms with van der Waals surface area (Å²) < 4.78 is 25.1. The van der Waals surface area contributed by atoms with E-state index in [1.165, 1.54) is 0 Å². The molecule has 2 bridgehead atoms. The number of nitrogens with zero attached hydrogens (tertiary/aromatic N) is 1. The van der Waals surface area contributed by atoms with E-state index in [4.69, 9.17) is 23.6 Å². The summed E-state index contributed by atoms with van der Waals surface area (Å²) in [6, 6.07) is 10.1. The molecule has 4 aliphatic heterocycles. The van der Waals surface area contributed by atoms with E-state index in [9.17, 15) is 0 Å². The SMILES string of the molecule is CC(C)(C)[Si](C)(C)O[C@]12O[C@H]1[C@H]1O[C@@H]2[C@@H]2OC(c3ccccc3)=N[C@@H]21. The predicted octanol–water partition coefficient (Wildman–Crippen LogP) is 3.10. The Hall–Kier alpha value is -1.21. The molecular formula is C19H25NO4Si. The van der Waals surface area contributed by atoms with Crippen molar-refractivity contribution in [2.24, 2.45) is 4.99 Å². The standard InChI is InChI=1S/C19H25NO4Si/c1-18(2,3)25(4,5)24-19-15-13-12(14(21-15)16(19)23-19)20-17(22-13)11-9-7-6-8-10-11/h6-10,12-16H,1-5H3/t12-,13+,14-,15+,16-,19-/m0/s1. The minimum atomic E-state index is -1.96. The summed E-state index contributed by atoms with van der Waals surface area (Å²) >= 11 is 0. The fourth-order valence-corrected chi connectivity index (χ4v) is 5.33. The first-order valence-corrected chi connectivity index (χ1v) is 12.0. The van der Waals surface area contributed by atoms with Crippen molar-refractivity contribution < 1.29 is 18.6 Å². The van der Waals surface area contributed by atoms with E-state index in [2.05, 4.69) is 33.9 Å². The highest BCUT2D eigenvalue weighted by Crippen LogP contribution is 2.62. The van der Waals surface area contributed by atoms with E-state index < -0.39 is 14.1 Å². The predicted molar refractivity (Wildman–Crippen MR) is 96.2 cm³/mol. The minimum absolute atomic E-state index is 0.00431. The maximum Gasteiger partial charge on any atom is 0.220 e. The number of benzene rings is 1. The fraction of sp³-hybridized carbons (Fsp3) is 0.632. The van der Waals surface area contributed by atoms with Crippen LogP contribution in [0.4, 0.5) is 0 Å². The van der Waals surface area contributed by atoms with Crippen LogP contribution in [0.25, 0.3) is 0 Å². The van der Waals surface area contributed by atoms with Crippen molar-refractivity contribution in [2.75, 3.05) is 0 Å². The Morgan fingerprint density at radius 2 is 1.80 bits per heavy atom. The van der Waals surface area contributed by atoms with Gasteiger partial charge in [-0.1, -0.05) is 39.0 Å². The van der Waals surface area contributed by atoms with Crippen LogP contribution in [0, 0.1) is 0 Å². The highest BCUT2D eigenvalue weighted by molar-refractivity contribution is 6.74. The average molecular weight is 359 g/mol. The van der Waals surface area contributed by atoms with Crippen LogP contribution in [0.2, 0.25) is 18.1 Å². The number of fused-ring (bicyclic) bond motifs is 8. The third-order valence-electron chi connectivity index (χ3n) is 6.38. The van der Waals surface area contributed by atoms with E-state index in [0.717, 1.165) is 11.5 Å². The molecule has 0 aromatic heterocycles. The van der Waals surface area contributed by atoms with Gasteiger partial charge in [0.1, 0.15) is 18.2 Å². The van der Waals surface area contributed by atoms with Gasteiger partial charge in [0.2, 0.25) is 11.7 Å². The molecule has 134 valence electrons. The number of aliphatic imine (C=N–C) groups is 1. The molecule has 0 spiro atoms. The van der Waals surface area contributed by atoms with Crippen LogP contribution in [0.15, 0.2) is 35.3 Å². The van der Waals surface area contributed by atoms with Crippen molar-refractivity contribution in [3.8, 4) is 0 Å². The highest BCUT2D eigenvalue weighted by atomic mass is 28.4. The zero-order valence-electron chi connectivity index (χ0n) is 15.4. The second-order valence-electron chi connectivity index (χ2n) is 9.02. The molecule has 0 radical (unpaired) electrons. The van der Waals surface area contributed by atoms with Crippen molar-refractivity contribution >= 4 is 14.2 Å². The Morgan fingerprint density at radius 3 is 2.48 bits per heavy atom. The fourth-order valence-electron chi connectivity index (χ4n) is 3.95. The van der Waals surface area contributed by atoms with Crippen molar-refractivity contribution in [3.63, 3.8) is 0 Å². The Kier molecular flexibility index (Phi) is 3.03. The van der Waals surface area contributed by atoms with Gasteiger partial charge in [0.15, 0.2) is 20.5 Å². The van der Waals surface area contributed by atoms with Crippen LogP contribution in [0.1, 0.15) is 26.3 Å². The first-order valence-electron chi connectivity index (χ1n) is 9.06. The van der Waals surface area contributed by atoms with E-state index in [0.29, 0.717) is 0 Å². The van der Waals surface area contributed by atoms with E-state index in [-0.39, 0.29) is 35.5 Å². The van der Waals surface area contributed by atoms with Crippen molar-refractivity contribution in [1.29, 1.82) is 0 Å². The molecule has 5 nitrogen and oxygen atoms in total. The summed E-state index contributed by atoms with van der Waals surface area (Å²) in [5, 5.41) is 0.127. The van der Waals surface area contributed by atoms with Gasteiger partial charge in [-0.25, -0.2) is 4.99 Å². The van der Waals surface area contributed by atoms with Crippen molar-refractivity contribution in [3.05, 3.63) is 35.9 Å². The summed E-state index contributed by atoms with van der Waals surface area (Å²) in [5.74, 6) is 0.105. The normalized spacial score (nSPS) is 41.2. The van der Waals surface area contributed by atoms with E-state index in [1.54, 1.807) is 0 Å². The number of epoxide rings is 1. The molecule has 5 rings (SSSR count). The largest absolute Gasteiger partial charge is 0.469 e. The molecule has 0 unspecified atom stereocenters. The number of hydrogen-bond donors (Lipinski definition) is 0. The first-order chi connectivity index (χ1) is 11.7. The molecule has 4 heterocycles. The van der Waals surface area contributed by atoms with Crippen LogP contribution in [0.3, 0.4) is 0 Å². The van der Waals surface area contributed by atoms with Gasteiger partial charge in [0.05, 0.1) is 0 Å². The molecule has 3 saturated heterocycles. The molecule has 4 aliphatic rings. The minimum Gasteiger partial charge on any atom is -0.469 e. The lowest BCUT2D eigenvalue weighted by atomic mass is 9.91. The molecule has 0 amide bonds. The molecule has 25 heavy (non-hydrogen) atoms. The van der Waals surface area contributed by atoms with Gasteiger partial charge >= 0.3 is 0 Å². The lowest BCUT2D eigenvalue weighted by Crippen LogP contribution is -2.54. The lowest BCUT2D eigenvalue weighted by molar-refractivity contribution is -0.103. The third kappa shape index (κ3) is 2.08. The van der Waals surface area contributed by atoms with Gasteiger partial charge in [-0.3, -0.25) is 0 Å². The molecule has 6 heteroatoms. The lowest BCUT2D eigenvalue weighted by Gasteiger charge is -2.39. The molecule has 6 atom stereocenters. The molecule has 0 saturated carbocycles. The molecule has 0 aliphatic carbocycles. The number of rotatable bonds is 3. The van der Waals surface area contributed by atoms with Gasteiger partial charge in [-0.05, 0) is 30.3 Å². The topological polar surface area (TPSA) is 52.6 Å². The maximum atomic E-state index is 6.67. The van der Waals surface area contributed by atoms with Gasteiger partial charge in [0, 0.05) is 5.56 Å². The first kappa shape index (κ1) is 16.0. The van der Waals surface area contributed by atoms with E-state index >= 15 is 0 Å². The zero-order valence-corrected chi connectivity index (χ0v) is 16.4. The van der Waals surface area contributed by atoms with Crippen LogP contribution in [-0.2, 0) is 18.6 Å². The zero-order chi connectivity index (χ0) is 17.6. The molecule has 3 fully saturated rings. The van der Waals surface area contributed by atoms with Gasteiger partial charge < -0.3 is 18.6 Å². The smallest absolute Gasteiger partial charge is 0.220 e. The number of hydrogen-bond acceptors (Lipinski definition) is 5. The van der Waals surface area contributed by atoms with Crippen molar-refractivity contribution in [1.82, 2.24) is 0 Å². The van der Waals surface area contributed by atoms with Crippen LogP contribution < -0.4 is 0 Å². The summed E-state index contributed by atoms with van der Waals surface area (Å²) in [6.45, 7) is 11.2. The second kappa shape index (κ2) is 4.74. The number of ether oxygens (including phenoxy) is 3. The van der Waals surface area contributed by atoms with Crippen LogP contribution >= 0.6 is 0 Å². The molecular weight excluding hydrogens is 334 g/mol. The van der Waals surface area contributed by atoms with Crippen LogP contribution in [-0.4, -0.2) is 50.5 Å². The quantitative estimate of drug-likeness (QED) is 0.615. The van der Waals surface area contributed by atoms with Crippen molar-refractivity contribution in [2.45, 2.75) is 75.1 Å². The summed E-state index contributed by atoms with van der Waals surface area (Å²) in [7, 11) is -1.96. The summed E-state index contributed by atoms with van der Waals surface area (Å²) in [6.07, 6.45) is -0.355. The molecule has 1 aromatic carbocycles. The average Bonchev–Trinajstić information content (AvgIpc) is 2.87. The molecule has 1 aromatic rings. The Balaban J connectivity index is 1.39. The van der Waals surface area contributed by atoms with Crippen LogP contribution in [0.5, 0.6) is 0 Å². The highest BCUT2D eigenvalue weighted by Gasteiger charge is 2.83. The third-order valence-corrected chi connectivity index (χ3v) is 10.8. The molecule has 0 N–H and O–H groups in total.